The van der Waals surface area contributed by atoms with Crippen LogP contribution in [0.2, 0.25) is 0 Å². The van der Waals surface area contributed by atoms with Crippen LogP contribution in [-0.4, -0.2) is 32.3 Å². The zero-order valence-electron chi connectivity index (χ0n) is 24.1. The van der Waals surface area contributed by atoms with Crippen molar-refractivity contribution in [2.45, 2.75) is 67.4 Å². The van der Waals surface area contributed by atoms with Gasteiger partial charge in [0.1, 0.15) is 18.1 Å². The first-order valence-electron chi connectivity index (χ1n) is 13.0. The van der Waals surface area contributed by atoms with Crippen molar-refractivity contribution in [2.24, 2.45) is 0 Å². The molecule has 0 aliphatic rings. The van der Waals surface area contributed by atoms with Crippen molar-refractivity contribution in [1.29, 1.82) is 0 Å². The van der Waals surface area contributed by atoms with Crippen molar-refractivity contribution in [3.63, 3.8) is 0 Å². The lowest BCUT2D eigenvalue weighted by Crippen LogP contribution is -2.19. The van der Waals surface area contributed by atoms with Gasteiger partial charge in [-0.1, -0.05) is 30.3 Å². The van der Waals surface area contributed by atoms with Gasteiger partial charge in [-0.3, -0.25) is 0 Å². The largest absolute Gasteiger partial charge is 0.489 e. The number of hydrogen-bond acceptors (Lipinski definition) is 6. The second-order valence-electron chi connectivity index (χ2n) is 9.81. The predicted octanol–water partition coefficient (Wildman–Crippen LogP) is 7.29. The van der Waals surface area contributed by atoms with Crippen molar-refractivity contribution >= 4 is 11.9 Å². The molecule has 0 spiro atoms. The maximum Gasteiger partial charge on any atom is 0.344 e. The molecule has 0 N–H and O–H groups in total. The molecule has 3 rings (SSSR count). The van der Waals surface area contributed by atoms with Crippen LogP contribution in [0.5, 0.6) is 11.5 Å². The van der Waals surface area contributed by atoms with Crippen molar-refractivity contribution in [2.75, 3.05) is 13.9 Å². The summed E-state index contributed by atoms with van der Waals surface area (Å²) < 4.78 is 48.3. The molecular formula is C32H36F2O6. The third-order valence-electron chi connectivity index (χ3n) is 7.18. The summed E-state index contributed by atoms with van der Waals surface area (Å²) in [6.45, 7) is 10.7. The number of hydrogen-bond donors (Lipinski definition) is 0. The molecule has 40 heavy (non-hydrogen) atoms. The number of benzene rings is 3. The SMILES string of the molecule is COCOC(=O)c1c(C)c(C)c(OC(=O)c2c(C)cc(OCc3ccccc3)c(C)c2C)c(C)c1CCC(F)F. The van der Waals surface area contributed by atoms with Crippen LogP contribution >= 0.6 is 0 Å². The van der Waals surface area contributed by atoms with E-state index in [2.05, 4.69) is 0 Å². The number of carbonyl (C=O) groups excluding carboxylic acids is 2. The molecule has 0 unspecified atom stereocenters. The van der Waals surface area contributed by atoms with Gasteiger partial charge in [0.05, 0.1) is 11.1 Å². The summed E-state index contributed by atoms with van der Waals surface area (Å²) in [7, 11) is 1.38. The van der Waals surface area contributed by atoms with E-state index in [0.717, 1.165) is 16.7 Å². The molecule has 0 aromatic heterocycles. The Morgan fingerprint density at radius 3 is 2.10 bits per heavy atom. The molecule has 0 aliphatic carbocycles. The topological polar surface area (TPSA) is 71.1 Å². The van der Waals surface area contributed by atoms with Gasteiger partial charge in [-0.2, -0.15) is 0 Å². The van der Waals surface area contributed by atoms with Gasteiger partial charge in [-0.25, -0.2) is 18.4 Å². The van der Waals surface area contributed by atoms with E-state index in [4.69, 9.17) is 18.9 Å². The Morgan fingerprint density at radius 1 is 0.825 bits per heavy atom. The van der Waals surface area contributed by atoms with Gasteiger partial charge in [0.15, 0.2) is 6.79 Å². The maximum atomic E-state index is 13.6. The average Bonchev–Trinajstić information content (AvgIpc) is 2.92. The molecule has 0 saturated heterocycles. The summed E-state index contributed by atoms with van der Waals surface area (Å²) >= 11 is 0. The molecule has 6 nitrogen and oxygen atoms in total. The van der Waals surface area contributed by atoms with Gasteiger partial charge in [-0.15, -0.1) is 0 Å². The summed E-state index contributed by atoms with van der Waals surface area (Å²) in [5.41, 5.74) is 5.68. The van der Waals surface area contributed by atoms with Crippen LogP contribution in [0.1, 0.15) is 71.6 Å². The lowest BCUT2D eigenvalue weighted by molar-refractivity contribution is -0.0127. The monoisotopic (exact) mass is 554 g/mol. The van der Waals surface area contributed by atoms with Crippen molar-refractivity contribution in [3.8, 4) is 11.5 Å². The standard InChI is InChI=1S/C32H36F2O6/c1-18-15-26(38-16-24-11-9-8-10-12-24)19(2)20(3)28(18)32(36)40-30-22(5)21(4)29(31(35)39-17-37-7)25(23(30)6)13-14-27(33)34/h8-12,15,27H,13-14,16-17H2,1-7H3. The molecule has 0 saturated carbocycles. The Labute approximate surface area is 234 Å². The average molecular weight is 555 g/mol. The first-order valence-corrected chi connectivity index (χ1v) is 13.0. The normalized spacial score (nSPS) is 11.1. The van der Waals surface area contributed by atoms with Crippen LogP contribution in [0.15, 0.2) is 36.4 Å². The van der Waals surface area contributed by atoms with E-state index in [1.807, 2.05) is 57.2 Å². The highest BCUT2D eigenvalue weighted by Crippen LogP contribution is 2.36. The number of alkyl halides is 2. The second kappa shape index (κ2) is 13.5. The Hall–Kier alpha value is -3.78. The number of methoxy groups -OCH3 is 1. The van der Waals surface area contributed by atoms with Crippen LogP contribution in [-0.2, 0) is 22.5 Å². The molecule has 0 radical (unpaired) electrons. The summed E-state index contributed by atoms with van der Waals surface area (Å²) in [6.07, 6.45) is -3.11. The van der Waals surface area contributed by atoms with Gasteiger partial charge >= 0.3 is 11.9 Å². The van der Waals surface area contributed by atoms with E-state index in [-0.39, 0.29) is 24.5 Å². The fourth-order valence-corrected chi connectivity index (χ4v) is 4.76. The number of rotatable bonds is 11. The number of carbonyl (C=O) groups is 2. The van der Waals surface area contributed by atoms with E-state index in [0.29, 0.717) is 45.7 Å². The van der Waals surface area contributed by atoms with Crippen LogP contribution in [0.25, 0.3) is 0 Å². The van der Waals surface area contributed by atoms with Crippen LogP contribution in [0, 0.1) is 41.5 Å². The summed E-state index contributed by atoms with van der Waals surface area (Å²) in [6, 6.07) is 11.6. The van der Waals surface area contributed by atoms with E-state index >= 15 is 0 Å². The molecule has 0 fully saturated rings. The second-order valence-corrected chi connectivity index (χ2v) is 9.81. The fraction of sp³-hybridized carbons (Fsp3) is 0.375. The van der Waals surface area contributed by atoms with Gasteiger partial charge in [-0.05, 0) is 98.5 Å². The molecule has 3 aromatic rings. The predicted molar refractivity (Wildman–Crippen MR) is 149 cm³/mol. The van der Waals surface area contributed by atoms with Crippen LogP contribution in [0.3, 0.4) is 0 Å². The number of ether oxygens (including phenoxy) is 4. The van der Waals surface area contributed by atoms with Gasteiger partial charge in [0, 0.05) is 13.5 Å². The molecule has 3 aromatic carbocycles. The van der Waals surface area contributed by atoms with Crippen LogP contribution in [0.4, 0.5) is 8.78 Å². The molecule has 0 atom stereocenters. The van der Waals surface area contributed by atoms with E-state index in [9.17, 15) is 18.4 Å². The zero-order valence-corrected chi connectivity index (χ0v) is 24.1. The van der Waals surface area contributed by atoms with E-state index in [1.165, 1.54) is 7.11 Å². The first kappa shape index (κ1) is 30.8. The Balaban J connectivity index is 1.98. The van der Waals surface area contributed by atoms with Crippen molar-refractivity contribution in [1.82, 2.24) is 0 Å². The third kappa shape index (κ3) is 6.86. The highest BCUT2D eigenvalue weighted by Gasteiger charge is 2.27. The summed E-state index contributed by atoms with van der Waals surface area (Å²) in [4.78, 5) is 26.4. The number of aryl methyl sites for hydroxylation is 1. The van der Waals surface area contributed by atoms with E-state index < -0.39 is 24.8 Å². The smallest absolute Gasteiger partial charge is 0.344 e. The number of halogens is 2. The van der Waals surface area contributed by atoms with Crippen molar-refractivity contribution < 1.29 is 37.3 Å². The highest BCUT2D eigenvalue weighted by molar-refractivity contribution is 5.97. The lowest BCUT2D eigenvalue weighted by atomic mass is 9.89. The Kier molecular flexibility index (Phi) is 10.4. The van der Waals surface area contributed by atoms with Gasteiger partial charge in [0.2, 0.25) is 6.43 Å². The minimum Gasteiger partial charge on any atom is -0.489 e. The third-order valence-corrected chi connectivity index (χ3v) is 7.18. The highest BCUT2D eigenvalue weighted by atomic mass is 19.3. The Morgan fingerprint density at radius 2 is 1.48 bits per heavy atom. The van der Waals surface area contributed by atoms with Crippen molar-refractivity contribution in [3.05, 3.63) is 92.0 Å². The maximum absolute atomic E-state index is 13.6. The van der Waals surface area contributed by atoms with Gasteiger partial charge < -0.3 is 18.9 Å². The quantitative estimate of drug-likeness (QED) is 0.141. The molecule has 0 amide bonds. The summed E-state index contributed by atoms with van der Waals surface area (Å²) in [5.74, 6) is -0.336. The molecule has 0 heterocycles. The molecule has 214 valence electrons. The van der Waals surface area contributed by atoms with Gasteiger partial charge in [0.25, 0.3) is 0 Å². The minimum absolute atomic E-state index is 0.0861. The molecular weight excluding hydrogens is 518 g/mol. The molecule has 0 aliphatic heterocycles. The molecule has 8 heteroatoms. The lowest BCUT2D eigenvalue weighted by Gasteiger charge is -2.22. The zero-order chi connectivity index (χ0) is 29.6. The Bertz CT molecular complexity index is 1380. The minimum atomic E-state index is -2.56. The summed E-state index contributed by atoms with van der Waals surface area (Å²) in [5, 5.41) is 0. The first-order chi connectivity index (χ1) is 19.0. The number of esters is 2. The van der Waals surface area contributed by atoms with E-state index in [1.54, 1.807) is 20.8 Å². The molecule has 0 bridgehead atoms. The fourth-order valence-electron chi connectivity index (χ4n) is 4.76. The van der Waals surface area contributed by atoms with Crippen LogP contribution < -0.4 is 9.47 Å².